The van der Waals surface area contributed by atoms with Crippen molar-refractivity contribution in [1.82, 2.24) is 4.98 Å². The van der Waals surface area contributed by atoms with Crippen molar-refractivity contribution >= 4 is 17.3 Å². The molecule has 5 nitrogen and oxygen atoms in total. The highest BCUT2D eigenvalue weighted by molar-refractivity contribution is 5.80. The van der Waals surface area contributed by atoms with E-state index in [2.05, 4.69) is 15.0 Å². The number of hydrogen-bond donors (Lipinski definition) is 2. The van der Waals surface area contributed by atoms with E-state index in [0.717, 1.165) is 12.3 Å². The predicted molar refractivity (Wildman–Crippen MR) is 58.8 cm³/mol. The average Bonchev–Trinajstić information content (AvgIpc) is 2.29. The van der Waals surface area contributed by atoms with Gasteiger partial charge in [-0.2, -0.15) is 13.2 Å². The molecule has 0 aliphatic heterocycles. The first-order chi connectivity index (χ1) is 8.25. The van der Waals surface area contributed by atoms with Crippen molar-refractivity contribution in [3.63, 3.8) is 0 Å². The first-order valence-corrected chi connectivity index (χ1v) is 4.92. The van der Waals surface area contributed by atoms with Crippen LogP contribution in [0.1, 0.15) is 12.6 Å². The number of nitrogens with zero attached hydrogens (tertiary/aromatic N) is 1. The molecule has 0 aliphatic rings. The number of esters is 1. The monoisotopic (exact) mass is 263 g/mol. The maximum atomic E-state index is 12.4. The van der Waals surface area contributed by atoms with Gasteiger partial charge in [0.25, 0.3) is 0 Å². The minimum absolute atomic E-state index is 0.0127. The number of nitrogen functional groups attached to an aromatic ring is 1. The number of carbonyl (C=O) groups is 1. The molecule has 0 bridgehead atoms. The van der Waals surface area contributed by atoms with Gasteiger partial charge in [0.1, 0.15) is 11.7 Å². The quantitative estimate of drug-likeness (QED) is 0.811. The Morgan fingerprint density at radius 1 is 1.56 bits per heavy atom. The van der Waals surface area contributed by atoms with Crippen molar-refractivity contribution < 1.29 is 22.7 Å². The van der Waals surface area contributed by atoms with E-state index in [9.17, 15) is 18.0 Å². The molecule has 1 aromatic heterocycles. The second-order valence-corrected chi connectivity index (χ2v) is 3.54. The van der Waals surface area contributed by atoms with Crippen LogP contribution in [0.25, 0.3) is 0 Å². The lowest BCUT2D eigenvalue weighted by molar-refractivity contribution is -0.141. The molecule has 0 amide bonds. The fraction of sp³-hybridized carbons (Fsp3) is 0.400. The number of rotatable bonds is 3. The van der Waals surface area contributed by atoms with Crippen molar-refractivity contribution in [3.05, 3.63) is 18.0 Å². The fourth-order valence-electron chi connectivity index (χ4n) is 1.21. The molecule has 0 fully saturated rings. The number of nitrogens with one attached hydrogen (secondary N) is 1. The summed E-state index contributed by atoms with van der Waals surface area (Å²) in [7, 11) is 1.18. The summed E-state index contributed by atoms with van der Waals surface area (Å²) >= 11 is 0. The highest BCUT2D eigenvalue weighted by Crippen LogP contribution is 2.31. The van der Waals surface area contributed by atoms with Gasteiger partial charge in [-0.1, -0.05) is 0 Å². The summed E-state index contributed by atoms with van der Waals surface area (Å²) in [5.41, 5.74) is 4.39. The number of alkyl halides is 3. The topological polar surface area (TPSA) is 77.2 Å². The molecule has 1 unspecified atom stereocenters. The zero-order chi connectivity index (χ0) is 13.9. The number of ether oxygens (including phenoxy) is 1. The number of pyridine rings is 1. The van der Waals surface area contributed by atoms with E-state index >= 15 is 0 Å². The van der Waals surface area contributed by atoms with Gasteiger partial charge in [0.05, 0.1) is 24.7 Å². The fourth-order valence-corrected chi connectivity index (χ4v) is 1.21. The summed E-state index contributed by atoms with van der Waals surface area (Å²) in [5.74, 6) is -0.611. The molecule has 0 spiro atoms. The van der Waals surface area contributed by atoms with Crippen molar-refractivity contribution in [2.75, 3.05) is 18.2 Å². The van der Waals surface area contributed by atoms with Gasteiger partial charge in [0, 0.05) is 0 Å². The SMILES string of the molecule is COC(=O)C(C)Nc1cc(C(F)(F)F)ncc1N. The van der Waals surface area contributed by atoms with Gasteiger partial charge in [-0.15, -0.1) is 0 Å². The number of hydrogen-bond acceptors (Lipinski definition) is 5. The van der Waals surface area contributed by atoms with E-state index in [-0.39, 0.29) is 11.4 Å². The highest BCUT2D eigenvalue weighted by atomic mass is 19.4. The first-order valence-electron chi connectivity index (χ1n) is 4.92. The Morgan fingerprint density at radius 2 is 2.17 bits per heavy atom. The van der Waals surface area contributed by atoms with Gasteiger partial charge >= 0.3 is 12.1 Å². The van der Waals surface area contributed by atoms with Gasteiger partial charge in [0.15, 0.2) is 0 Å². The van der Waals surface area contributed by atoms with Crippen LogP contribution < -0.4 is 11.1 Å². The molecule has 1 heterocycles. The van der Waals surface area contributed by atoms with Crippen molar-refractivity contribution in [1.29, 1.82) is 0 Å². The van der Waals surface area contributed by atoms with Gasteiger partial charge < -0.3 is 15.8 Å². The van der Waals surface area contributed by atoms with E-state index < -0.39 is 23.9 Å². The summed E-state index contributed by atoms with van der Waals surface area (Å²) in [5, 5.41) is 2.53. The molecule has 0 saturated carbocycles. The molecule has 0 radical (unpaired) electrons. The van der Waals surface area contributed by atoms with Crippen LogP contribution >= 0.6 is 0 Å². The summed E-state index contributed by atoms with van der Waals surface area (Å²) in [6.07, 6.45) is -3.69. The second kappa shape index (κ2) is 5.11. The second-order valence-electron chi connectivity index (χ2n) is 3.54. The van der Waals surface area contributed by atoms with Crippen molar-refractivity contribution in [3.8, 4) is 0 Å². The molecular formula is C10H12F3N3O2. The van der Waals surface area contributed by atoms with Crippen LogP contribution in [0.3, 0.4) is 0 Å². The Hall–Kier alpha value is -1.99. The van der Waals surface area contributed by atoms with E-state index in [1.807, 2.05) is 0 Å². The molecule has 1 atom stereocenters. The first kappa shape index (κ1) is 14.1. The smallest absolute Gasteiger partial charge is 0.433 e. The maximum absolute atomic E-state index is 12.4. The molecule has 8 heteroatoms. The summed E-state index contributed by atoms with van der Waals surface area (Å²) in [6.45, 7) is 1.44. The van der Waals surface area contributed by atoms with Gasteiger partial charge in [-0.05, 0) is 13.0 Å². The molecule has 0 aliphatic carbocycles. The van der Waals surface area contributed by atoms with Crippen LogP contribution in [-0.4, -0.2) is 24.1 Å². The molecule has 18 heavy (non-hydrogen) atoms. The number of carbonyl (C=O) groups excluding carboxylic acids is 1. The van der Waals surface area contributed by atoms with Crippen LogP contribution in [0, 0.1) is 0 Å². The number of aromatic nitrogens is 1. The van der Waals surface area contributed by atoms with E-state index in [4.69, 9.17) is 5.73 Å². The van der Waals surface area contributed by atoms with Gasteiger partial charge in [0.2, 0.25) is 0 Å². The van der Waals surface area contributed by atoms with Crippen molar-refractivity contribution in [2.45, 2.75) is 19.1 Å². The van der Waals surface area contributed by atoms with Crippen molar-refractivity contribution in [2.24, 2.45) is 0 Å². The van der Waals surface area contributed by atoms with E-state index in [1.54, 1.807) is 0 Å². The lowest BCUT2D eigenvalue weighted by atomic mass is 10.2. The largest absolute Gasteiger partial charge is 0.467 e. The third-order valence-electron chi connectivity index (χ3n) is 2.15. The van der Waals surface area contributed by atoms with Crippen LogP contribution in [0.2, 0.25) is 0 Å². The lowest BCUT2D eigenvalue weighted by Crippen LogP contribution is -2.27. The highest BCUT2D eigenvalue weighted by Gasteiger charge is 2.33. The van der Waals surface area contributed by atoms with Crippen LogP contribution in [0.15, 0.2) is 12.3 Å². The van der Waals surface area contributed by atoms with Gasteiger partial charge in [-0.25, -0.2) is 9.78 Å². The third-order valence-corrected chi connectivity index (χ3v) is 2.15. The Bertz CT molecular complexity index is 448. The minimum atomic E-state index is -4.57. The Morgan fingerprint density at radius 3 is 2.67 bits per heavy atom. The molecule has 1 rings (SSSR count). The third kappa shape index (κ3) is 3.25. The number of anilines is 2. The summed E-state index contributed by atoms with van der Waals surface area (Å²) in [4.78, 5) is 14.3. The standard InChI is InChI=1S/C10H12F3N3O2/c1-5(9(17)18-2)16-7-3-8(10(11,12)13)15-4-6(7)14/h3-5H,14H2,1-2H3,(H,15,16). The molecule has 0 aromatic carbocycles. The van der Waals surface area contributed by atoms with Gasteiger partial charge in [-0.3, -0.25) is 0 Å². The molecule has 3 N–H and O–H groups in total. The lowest BCUT2D eigenvalue weighted by Gasteiger charge is -2.16. The number of methoxy groups -OCH3 is 1. The number of nitrogens with two attached hydrogens (primary N) is 1. The van der Waals surface area contributed by atoms with E-state index in [0.29, 0.717) is 0 Å². The maximum Gasteiger partial charge on any atom is 0.433 e. The van der Waals surface area contributed by atoms with Crippen LogP contribution in [0.5, 0.6) is 0 Å². The average molecular weight is 263 g/mol. The minimum Gasteiger partial charge on any atom is -0.467 e. The molecule has 0 saturated heterocycles. The van der Waals surface area contributed by atoms with E-state index in [1.165, 1.54) is 14.0 Å². The zero-order valence-electron chi connectivity index (χ0n) is 9.71. The Kier molecular flexibility index (Phi) is 4.00. The molecular weight excluding hydrogens is 251 g/mol. The Labute approximate surface area is 101 Å². The summed E-state index contributed by atoms with van der Waals surface area (Å²) in [6, 6.07) is -0.0739. The zero-order valence-corrected chi connectivity index (χ0v) is 9.71. The summed E-state index contributed by atoms with van der Waals surface area (Å²) < 4.78 is 41.8. The Balaban J connectivity index is 2.98. The predicted octanol–water partition coefficient (Wildman–Crippen LogP) is 1.66. The van der Waals surface area contributed by atoms with Crippen LogP contribution in [0.4, 0.5) is 24.5 Å². The molecule has 1 aromatic rings. The number of halogens is 3. The normalized spacial score (nSPS) is 12.9. The molecule has 100 valence electrons. The van der Waals surface area contributed by atoms with Crippen LogP contribution in [-0.2, 0) is 15.7 Å².